The van der Waals surface area contributed by atoms with E-state index in [1.165, 1.54) is 0 Å². The van der Waals surface area contributed by atoms with Crippen LogP contribution in [0.2, 0.25) is 0 Å². The Morgan fingerprint density at radius 3 is 2.31 bits per heavy atom. The predicted molar refractivity (Wildman–Crippen MR) is 53.8 cm³/mol. The molecule has 1 aromatic carbocycles. The fourth-order valence-corrected chi connectivity index (χ4v) is 0.889. The van der Waals surface area contributed by atoms with E-state index in [2.05, 4.69) is 6.07 Å². The average molecular weight is 177 g/mol. The topological polar surface area (TPSA) is 33.0 Å². The van der Waals surface area contributed by atoms with Gasteiger partial charge in [-0.2, -0.15) is 5.26 Å². The molecule has 0 spiro atoms. The molecule has 0 saturated carbocycles. The first-order valence-electron chi connectivity index (χ1n) is 4.32. The molecule has 2 heteroatoms. The SMILES string of the molecule is CC.COc1ccc(C#N)c(C)c1. The van der Waals surface area contributed by atoms with Crippen LogP contribution in [0.5, 0.6) is 5.75 Å². The lowest BCUT2D eigenvalue weighted by atomic mass is 10.1. The summed E-state index contributed by atoms with van der Waals surface area (Å²) in [4.78, 5) is 0. The van der Waals surface area contributed by atoms with Crippen molar-refractivity contribution in [2.45, 2.75) is 20.8 Å². The number of hydrogen-bond acceptors (Lipinski definition) is 2. The Hall–Kier alpha value is -1.49. The molecule has 0 aliphatic carbocycles. The normalized spacial score (nSPS) is 7.92. The van der Waals surface area contributed by atoms with Gasteiger partial charge in [-0.3, -0.25) is 0 Å². The fourth-order valence-electron chi connectivity index (χ4n) is 0.889. The zero-order chi connectivity index (χ0) is 10.3. The van der Waals surface area contributed by atoms with E-state index in [1.54, 1.807) is 19.2 Å². The van der Waals surface area contributed by atoms with Crippen molar-refractivity contribution in [3.05, 3.63) is 29.3 Å². The second kappa shape index (κ2) is 6.07. The second-order valence-corrected chi connectivity index (χ2v) is 2.29. The number of methoxy groups -OCH3 is 1. The quantitative estimate of drug-likeness (QED) is 0.660. The van der Waals surface area contributed by atoms with Crippen molar-refractivity contribution < 1.29 is 4.74 Å². The molecule has 0 fully saturated rings. The molecule has 1 aromatic rings. The summed E-state index contributed by atoms with van der Waals surface area (Å²) in [6.07, 6.45) is 0. The molecule has 0 saturated heterocycles. The van der Waals surface area contributed by atoms with Crippen molar-refractivity contribution in [2.75, 3.05) is 7.11 Å². The van der Waals surface area contributed by atoms with Gasteiger partial charge in [0.1, 0.15) is 5.75 Å². The summed E-state index contributed by atoms with van der Waals surface area (Å²) in [5, 5.41) is 8.59. The first kappa shape index (κ1) is 11.5. The predicted octanol–water partition coefficient (Wildman–Crippen LogP) is 2.90. The monoisotopic (exact) mass is 177 g/mol. The maximum atomic E-state index is 8.59. The summed E-state index contributed by atoms with van der Waals surface area (Å²) in [5.41, 5.74) is 1.65. The number of hydrogen-bond donors (Lipinski definition) is 0. The highest BCUT2D eigenvalue weighted by atomic mass is 16.5. The van der Waals surface area contributed by atoms with Crippen LogP contribution in [0.4, 0.5) is 0 Å². The van der Waals surface area contributed by atoms with E-state index in [0.717, 1.165) is 11.3 Å². The van der Waals surface area contributed by atoms with E-state index in [0.29, 0.717) is 5.56 Å². The molecule has 13 heavy (non-hydrogen) atoms. The van der Waals surface area contributed by atoms with Gasteiger partial charge in [0.05, 0.1) is 18.7 Å². The molecule has 1 rings (SSSR count). The van der Waals surface area contributed by atoms with Crippen LogP contribution < -0.4 is 4.74 Å². The molecule has 0 amide bonds. The molecule has 0 bridgehead atoms. The highest BCUT2D eigenvalue weighted by Gasteiger charge is 1.97. The van der Waals surface area contributed by atoms with Crippen LogP contribution in [0.1, 0.15) is 25.0 Å². The Kier molecular flexibility index (Phi) is 5.38. The van der Waals surface area contributed by atoms with Gasteiger partial charge in [0, 0.05) is 0 Å². The van der Waals surface area contributed by atoms with Gasteiger partial charge in [0.2, 0.25) is 0 Å². The van der Waals surface area contributed by atoms with Crippen molar-refractivity contribution in [3.8, 4) is 11.8 Å². The lowest BCUT2D eigenvalue weighted by Gasteiger charge is -2.00. The van der Waals surface area contributed by atoms with Gasteiger partial charge in [0.25, 0.3) is 0 Å². The molecular formula is C11H15NO. The summed E-state index contributed by atoms with van der Waals surface area (Å²) >= 11 is 0. The third-order valence-corrected chi connectivity index (χ3v) is 1.55. The van der Waals surface area contributed by atoms with E-state index in [-0.39, 0.29) is 0 Å². The average Bonchev–Trinajstić information content (AvgIpc) is 2.20. The Morgan fingerprint density at radius 1 is 1.31 bits per heavy atom. The largest absolute Gasteiger partial charge is 0.497 e. The molecule has 0 radical (unpaired) electrons. The summed E-state index contributed by atoms with van der Waals surface area (Å²) in [6.45, 7) is 5.89. The van der Waals surface area contributed by atoms with Crippen LogP contribution in [-0.4, -0.2) is 7.11 Å². The number of nitriles is 1. The van der Waals surface area contributed by atoms with Gasteiger partial charge in [-0.05, 0) is 30.7 Å². The Bertz CT molecular complexity index is 299. The number of rotatable bonds is 1. The van der Waals surface area contributed by atoms with Gasteiger partial charge in [-0.15, -0.1) is 0 Å². The van der Waals surface area contributed by atoms with Crippen LogP contribution in [0.3, 0.4) is 0 Å². The maximum absolute atomic E-state index is 8.59. The van der Waals surface area contributed by atoms with Gasteiger partial charge >= 0.3 is 0 Å². The molecular weight excluding hydrogens is 162 g/mol. The Labute approximate surface area is 79.8 Å². The van der Waals surface area contributed by atoms with E-state index in [4.69, 9.17) is 10.00 Å². The molecule has 0 unspecified atom stereocenters. The zero-order valence-electron chi connectivity index (χ0n) is 8.59. The molecule has 2 nitrogen and oxygen atoms in total. The van der Waals surface area contributed by atoms with Gasteiger partial charge in [-0.25, -0.2) is 0 Å². The second-order valence-electron chi connectivity index (χ2n) is 2.29. The lowest BCUT2D eigenvalue weighted by Crippen LogP contribution is -1.86. The minimum absolute atomic E-state index is 0.700. The molecule has 0 N–H and O–H groups in total. The number of aryl methyl sites for hydroxylation is 1. The van der Waals surface area contributed by atoms with E-state index in [9.17, 15) is 0 Å². The van der Waals surface area contributed by atoms with Gasteiger partial charge in [-0.1, -0.05) is 13.8 Å². The summed E-state index contributed by atoms with van der Waals surface area (Å²) in [6, 6.07) is 7.48. The van der Waals surface area contributed by atoms with Crippen molar-refractivity contribution in [3.63, 3.8) is 0 Å². The number of nitrogens with zero attached hydrogens (tertiary/aromatic N) is 1. The van der Waals surface area contributed by atoms with Crippen LogP contribution in [-0.2, 0) is 0 Å². The van der Waals surface area contributed by atoms with Gasteiger partial charge in [0.15, 0.2) is 0 Å². The van der Waals surface area contributed by atoms with Crippen molar-refractivity contribution >= 4 is 0 Å². The van der Waals surface area contributed by atoms with Crippen LogP contribution in [0, 0.1) is 18.3 Å². The molecule has 0 aliphatic heterocycles. The third kappa shape index (κ3) is 3.16. The van der Waals surface area contributed by atoms with E-state index >= 15 is 0 Å². The first-order chi connectivity index (χ1) is 6.27. The van der Waals surface area contributed by atoms with Crippen molar-refractivity contribution in [1.29, 1.82) is 5.26 Å². The summed E-state index contributed by atoms with van der Waals surface area (Å²) in [5.74, 6) is 0.793. The van der Waals surface area contributed by atoms with Crippen LogP contribution in [0.15, 0.2) is 18.2 Å². The van der Waals surface area contributed by atoms with E-state index in [1.807, 2.05) is 26.8 Å². The number of benzene rings is 1. The molecule has 0 heterocycles. The Balaban J connectivity index is 0.000000671. The lowest BCUT2D eigenvalue weighted by molar-refractivity contribution is 0.414. The smallest absolute Gasteiger partial charge is 0.119 e. The van der Waals surface area contributed by atoms with E-state index < -0.39 is 0 Å². The standard InChI is InChI=1S/C9H9NO.C2H6/c1-7-5-9(11-2)4-3-8(7)6-10;1-2/h3-5H,1-2H3;1-2H3. The highest BCUT2D eigenvalue weighted by molar-refractivity contribution is 5.41. The van der Waals surface area contributed by atoms with Gasteiger partial charge < -0.3 is 4.74 Å². The third-order valence-electron chi connectivity index (χ3n) is 1.55. The van der Waals surface area contributed by atoms with Crippen molar-refractivity contribution in [1.82, 2.24) is 0 Å². The Morgan fingerprint density at radius 2 is 1.92 bits per heavy atom. The number of ether oxygens (including phenoxy) is 1. The molecule has 0 aliphatic rings. The van der Waals surface area contributed by atoms with Crippen LogP contribution in [0.25, 0.3) is 0 Å². The first-order valence-corrected chi connectivity index (χ1v) is 4.32. The molecule has 70 valence electrons. The summed E-state index contributed by atoms with van der Waals surface area (Å²) < 4.78 is 4.99. The van der Waals surface area contributed by atoms with Crippen molar-refractivity contribution in [2.24, 2.45) is 0 Å². The minimum Gasteiger partial charge on any atom is -0.497 e. The summed E-state index contributed by atoms with van der Waals surface area (Å²) in [7, 11) is 1.61. The zero-order valence-corrected chi connectivity index (χ0v) is 8.59. The molecule has 0 atom stereocenters. The highest BCUT2D eigenvalue weighted by Crippen LogP contribution is 2.15. The fraction of sp³-hybridized carbons (Fsp3) is 0.364. The minimum atomic E-state index is 0.700. The van der Waals surface area contributed by atoms with Crippen LogP contribution >= 0.6 is 0 Å². The maximum Gasteiger partial charge on any atom is 0.119 e. The molecule has 0 aromatic heterocycles.